The molecule has 6 aromatic rings. The first kappa shape index (κ1) is 27.3. The Balaban J connectivity index is 0.000000195. The van der Waals surface area contributed by atoms with Crippen LogP contribution in [0.1, 0.15) is 32.6 Å². The summed E-state index contributed by atoms with van der Waals surface area (Å²) in [6.45, 7) is 6.17. The summed E-state index contributed by atoms with van der Waals surface area (Å²) in [5.41, 5.74) is 11.8. The first-order valence-corrected chi connectivity index (χ1v) is 13.0. The summed E-state index contributed by atoms with van der Waals surface area (Å²) < 4.78 is 0. The van der Waals surface area contributed by atoms with Crippen LogP contribution >= 0.6 is 0 Å². The van der Waals surface area contributed by atoms with Gasteiger partial charge in [0.05, 0.1) is 5.52 Å². The van der Waals surface area contributed by atoms with Crippen molar-refractivity contribution in [3.8, 4) is 33.6 Å². The fraction of sp³-hybridized carbons (Fsp3) is 0.0833. The van der Waals surface area contributed by atoms with Gasteiger partial charge in [0.1, 0.15) is 0 Å². The number of carbonyl (C=O) groups is 1. The summed E-state index contributed by atoms with van der Waals surface area (Å²) in [5, 5.41) is 0.948. The molecule has 0 fully saturated rings. The summed E-state index contributed by atoms with van der Waals surface area (Å²) in [6, 6.07) is 38.4. The smallest absolute Gasteiger partial charge is 0.194 e. The number of hydrogen-bond acceptors (Lipinski definition) is 3. The number of rotatable bonds is 2. The Hall–Kier alpha value is -4.24. The fourth-order valence-electron chi connectivity index (χ4n) is 5.10. The zero-order valence-corrected chi connectivity index (χ0v) is 24.8. The van der Waals surface area contributed by atoms with Gasteiger partial charge >= 0.3 is 0 Å². The first-order valence-electron chi connectivity index (χ1n) is 13.0. The molecule has 197 valence electrons. The Morgan fingerprint density at radius 2 is 1.43 bits per heavy atom. The molecule has 4 heteroatoms. The Morgan fingerprint density at radius 1 is 0.650 bits per heavy atom. The van der Waals surface area contributed by atoms with E-state index in [1.165, 1.54) is 11.1 Å². The maximum Gasteiger partial charge on any atom is 0.194 e. The second kappa shape index (κ2) is 11.5. The van der Waals surface area contributed by atoms with Gasteiger partial charge in [-0.2, -0.15) is 0 Å². The summed E-state index contributed by atoms with van der Waals surface area (Å²) in [6.07, 6.45) is 1.87. The van der Waals surface area contributed by atoms with Crippen molar-refractivity contribution >= 4 is 16.7 Å². The first-order chi connectivity index (χ1) is 19.0. The third kappa shape index (κ3) is 5.29. The van der Waals surface area contributed by atoms with Gasteiger partial charge in [-0.05, 0) is 41.1 Å². The third-order valence-electron chi connectivity index (χ3n) is 6.86. The van der Waals surface area contributed by atoms with Crippen molar-refractivity contribution in [3.63, 3.8) is 0 Å². The summed E-state index contributed by atoms with van der Waals surface area (Å²) in [7, 11) is 0. The maximum absolute atomic E-state index is 12.9. The van der Waals surface area contributed by atoms with Crippen molar-refractivity contribution in [2.75, 3.05) is 0 Å². The maximum atomic E-state index is 12.9. The molecule has 0 saturated carbocycles. The number of ketones is 1. The molecule has 40 heavy (non-hydrogen) atoms. The molecule has 0 saturated heterocycles. The van der Waals surface area contributed by atoms with Gasteiger partial charge in [0, 0.05) is 42.8 Å². The van der Waals surface area contributed by atoms with Crippen molar-refractivity contribution in [1.82, 2.24) is 9.97 Å². The molecule has 0 spiro atoms. The van der Waals surface area contributed by atoms with Gasteiger partial charge in [0.15, 0.2) is 5.78 Å². The SMILES string of the molecule is Cc1[c-]c(-c2cc3c4c(cccc4n2)C(=O)c2ccccc2-3)cc(C)c1.Cc1ccc(-c2[c-]cccc2)nc1.[Ir]. The molecule has 0 aliphatic heterocycles. The van der Waals surface area contributed by atoms with E-state index in [0.29, 0.717) is 0 Å². The number of aromatic nitrogens is 2. The number of fused-ring (bicyclic) bond motifs is 2. The van der Waals surface area contributed by atoms with Crippen LogP contribution in [0.15, 0.2) is 103 Å². The van der Waals surface area contributed by atoms with Crippen LogP contribution in [-0.2, 0) is 20.1 Å². The van der Waals surface area contributed by atoms with Crippen LogP contribution in [-0.4, -0.2) is 15.8 Å². The molecule has 0 amide bonds. The molecule has 0 unspecified atom stereocenters. The molecule has 1 aliphatic carbocycles. The quantitative estimate of drug-likeness (QED) is 0.171. The molecule has 0 N–H and O–H groups in total. The van der Waals surface area contributed by atoms with Crippen LogP contribution in [0, 0.1) is 32.9 Å². The summed E-state index contributed by atoms with van der Waals surface area (Å²) in [5.74, 6) is 0.0752. The van der Waals surface area contributed by atoms with Crippen molar-refractivity contribution in [3.05, 3.63) is 143 Å². The average molecular weight is 695 g/mol. The largest absolute Gasteiger partial charge is 0.304 e. The second-order valence-corrected chi connectivity index (χ2v) is 9.88. The molecule has 7 rings (SSSR count). The number of carbonyl (C=O) groups excluding carboxylic acids is 1. The molecule has 2 heterocycles. The second-order valence-electron chi connectivity index (χ2n) is 9.88. The average Bonchev–Trinajstić information content (AvgIpc) is 2.96. The molecule has 2 aromatic heterocycles. The van der Waals surface area contributed by atoms with Crippen LogP contribution in [0.2, 0.25) is 0 Å². The van der Waals surface area contributed by atoms with E-state index in [-0.39, 0.29) is 25.9 Å². The number of hydrogen-bond donors (Lipinski definition) is 0. The number of aryl methyl sites for hydroxylation is 3. The van der Waals surface area contributed by atoms with E-state index in [9.17, 15) is 4.79 Å². The van der Waals surface area contributed by atoms with Gasteiger partial charge in [0.2, 0.25) is 0 Å². The number of nitrogens with zero attached hydrogens (tertiary/aromatic N) is 2. The van der Waals surface area contributed by atoms with Gasteiger partial charge in [-0.1, -0.05) is 68.4 Å². The predicted octanol–water partition coefficient (Wildman–Crippen LogP) is 8.38. The van der Waals surface area contributed by atoms with Crippen molar-refractivity contribution in [2.45, 2.75) is 20.8 Å². The van der Waals surface area contributed by atoms with Crippen molar-refractivity contribution < 1.29 is 24.9 Å². The Kier molecular flexibility index (Phi) is 7.84. The van der Waals surface area contributed by atoms with E-state index in [4.69, 9.17) is 4.98 Å². The fourth-order valence-corrected chi connectivity index (χ4v) is 5.10. The molecular formula is C36H26IrN2O-2. The topological polar surface area (TPSA) is 42.9 Å². The van der Waals surface area contributed by atoms with Crippen LogP contribution in [0.5, 0.6) is 0 Å². The van der Waals surface area contributed by atoms with E-state index >= 15 is 0 Å². The van der Waals surface area contributed by atoms with Gasteiger partial charge in [-0.15, -0.1) is 70.8 Å². The Morgan fingerprint density at radius 3 is 2.15 bits per heavy atom. The van der Waals surface area contributed by atoms with Crippen LogP contribution in [0.4, 0.5) is 0 Å². The van der Waals surface area contributed by atoms with Crippen LogP contribution in [0.3, 0.4) is 0 Å². The van der Waals surface area contributed by atoms with Crippen LogP contribution < -0.4 is 0 Å². The summed E-state index contributed by atoms with van der Waals surface area (Å²) in [4.78, 5) is 22.1. The predicted molar refractivity (Wildman–Crippen MR) is 158 cm³/mol. The molecule has 4 aromatic carbocycles. The van der Waals surface area contributed by atoms with E-state index < -0.39 is 0 Å². The monoisotopic (exact) mass is 695 g/mol. The molecule has 0 atom stereocenters. The number of benzene rings is 4. The van der Waals surface area contributed by atoms with Gasteiger partial charge in [0.25, 0.3) is 0 Å². The molecule has 0 bridgehead atoms. The Bertz CT molecular complexity index is 1820. The minimum atomic E-state index is 0. The van der Waals surface area contributed by atoms with Gasteiger partial charge in [-0.25, -0.2) is 0 Å². The molecular weight excluding hydrogens is 669 g/mol. The van der Waals surface area contributed by atoms with E-state index in [1.54, 1.807) is 0 Å². The van der Waals surface area contributed by atoms with E-state index in [2.05, 4.69) is 48.3 Å². The van der Waals surface area contributed by atoms with E-state index in [1.807, 2.05) is 92.8 Å². The zero-order chi connectivity index (χ0) is 26.9. The standard InChI is InChI=1S/C24H16NO.C12H10N.Ir/c1-14-10-15(2)12-16(11-14)22-13-20-17-6-3-4-7-18(17)24(26)19-8-5-9-21(25-22)23(19)20;1-10-7-8-12(13-9-10)11-5-3-2-4-6-11;/h3-11,13H,1-2H3;2-5,7-9H,1H3;/q2*-1;. The van der Waals surface area contributed by atoms with Crippen molar-refractivity contribution in [2.24, 2.45) is 0 Å². The summed E-state index contributed by atoms with van der Waals surface area (Å²) >= 11 is 0. The van der Waals surface area contributed by atoms with Gasteiger partial charge < -0.3 is 4.98 Å². The third-order valence-corrected chi connectivity index (χ3v) is 6.86. The Labute approximate surface area is 248 Å². The molecule has 3 nitrogen and oxygen atoms in total. The zero-order valence-electron chi connectivity index (χ0n) is 22.5. The normalized spacial score (nSPS) is 11.2. The minimum absolute atomic E-state index is 0. The van der Waals surface area contributed by atoms with Crippen LogP contribution in [0.25, 0.3) is 44.5 Å². The van der Waals surface area contributed by atoms with E-state index in [0.717, 1.165) is 61.2 Å². The minimum Gasteiger partial charge on any atom is -0.304 e. The molecule has 1 aliphatic rings. The number of pyridine rings is 2. The van der Waals surface area contributed by atoms with Crippen molar-refractivity contribution in [1.29, 1.82) is 0 Å². The molecule has 1 radical (unpaired) electrons. The van der Waals surface area contributed by atoms with Gasteiger partial charge in [-0.3, -0.25) is 9.78 Å².